The number of ether oxygens (including phenoxy) is 1. The highest BCUT2D eigenvalue weighted by atomic mass is 16.6. The number of carbonyl (C=O) groups is 1. The molecular formula is C12H14O3. The van der Waals surface area contributed by atoms with Gasteiger partial charge in [0, 0.05) is 0 Å². The quantitative estimate of drug-likeness (QED) is 0.755. The molecule has 1 heterocycles. The number of hydrogen-bond donors (Lipinski definition) is 1. The summed E-state index contributed by atoms with van der Waals surface area (Å²) in [6.45, 7) is 7.37. The lowest BCUT2D eigenvalue weighted by molar-refractivity contribution is 0.0696. The van der Waals surface area contributed by atoms with Gasteiger partial charge in [-0.2, -0.15) is 0 Å². The molecule has 1 N–H and O–H groups in total. The van der Waals surface area contributed by atoms with Gasteiger partial charge in [-0.05, 0) is 24.1 Å². The number of hydrogen-bond acceptors (Lipinski definition) is 2. The van der Waals surface area contributed by atoms with Crippen molar-refractivity contribution in [2.24, 2.45) is 0 Å². The molecule has 2 rings (SSSR count). The standard InChI is InChI=1S/C10H10O2.C2H4O/c1-3-8-4-5-9(10(11)12)7(2)6-8;1-2-3-1/h3-6H,1H2,2H3,(H,11,12);1-2H2. The van der Waals surface area contributed by atoms with Gasteiger partial charge in [0.15, 0.2) is 0 Å². The minimum Gasteiger partial charge on any atom is -0.478 e. The van der Waals surface area contributed by atoms with Gasteiger partial charge in [-0.15, -0.1) is 0 Å². The number of epoxide rings is 1. The smallest absolute Gasteiger partial charge is 0.335 e. The van der Waals surface area contributed by atoms with E-state index in [4.69, 9.17) is 5.11 Å². The zero-order chi connectivity index (χ0) is 11.3. The van der Waals surface area contributed by atoms with Gasteiger partial charge in [0.25, 0.3) is 0 Å². The summed E-state index contributed by atoms with van der Waals surface area (Å²) in [6.07, 6.45) is 1.69. The predicted octanol–water partition coefficient (Wildman–Crippen LogP) is 2.35. The van der Waals surface area contributed by atoms with Crippen LogP contribution in [0.1, 0.15) is 21.5 Å². The van der Waals surface area contributed by atoms with Crippen LogP contribution in [0.4, 0.5) is 0 Å². The van der Waals surface area contributed by atoms with Gasteiger partial charge in [0.1, 0.15) is 0 Å². The van der Waals surface area contributed by atoms with Crippen molar-refractivity contribution < 1.29 is 14.6 Å². The number of rotatable bonds is 2. The van der Waals surface area contributed by atoms with E-state index >= 15 is 0 Å². The second-order valence-electron chi connectivity index (χ2n) is 3.20. The zero-order valence-electron chi connectivity index (χ0n) is 8.69. The molecule has 0 aromatic heterocycles. The number of aryl methyl sites for hydroxylation is 1. The lowest BCUT2D eigenvalue weighted by Crippen LogP contribution is -1.99. The Hall–Kier alpha value is -1.61. The largest absolute Gasteiger partial charge is 0.478 e. The van der Waals surface area contributed by atoms with Crippen molar-refractivity contribution >= 4 is 12.0 Å². The van der Waals surface area contributed by atoms with Gasteiger partial charge in [0.05, 0.1) is 18.8 Å². The van der Waals surface area contributed by atoms with Crippen molar-refractivity contribution in [3.63, 3.8) is 0 Å². The van der Waals surface area contributed by atoms with E-state index in [1.54, 1.807) is 31.2 Å². The van der Waals surface area contributed by atoms with Crippen LogP contribution in [0.15, 0.2) is 24.8 Å². The first-order valence-corrected chi connectivity index (χ1v) is 4.69. The van der Waals surface area contributed by atoms with E-state index in [1.165, 1.54) is 0 Å². The summed E-state index contributed by atoms with van der Waals surface area (Å²) < 4.78 is 4.50. The Morgan fingerprint density at radius 2 is 2.13 bits per heavy atom. The number of carboxylic acid groups (broad SMARTS) is 1. The van der Waals surface area contributed by atoms with Crippen molar-refractivity contribution in [3.05, 3.63) is 41.5 Å². The molecule has 3 nitrogen and oxygen atoms in total. The van der Waals surface area contributed by atoms with Crippen molar-refractivity contribution in [1.82, 2.24) is 0 Å². The van der Waals surface area contributed by atoms with Crippen LogP contribution in [0.5, 0.6) is 0 Å². The molecule has 15 heavy (non-hydrogen) atoms. The zero-order valence-corrected chi connectivity index (χ0v) is 8.69. The van der Waals surface area contributed by atoms with Crippen molar-refractivity contribution in [2.75, 3.05) is 13.2 Å². The van der Waals surface area contributed by atoms with Crippen LogP contribution in [-0.4, -0.2) is 24.3 Å². The molecule has 1 aromatic carbocycles. The van der Waals surface area contributed by atoms with E-state index in [-0.39, 0.29) is 0 Å². The Kier molecular flexibility index (Phi) is 4.06. The van der Waals surface area contributed by atoms with E-state index in [2.05, 4.69) is 11.3 Å². The third-order valence-electron chi connectivity index (χ3n) is 1.92. The third kappa shape index (κ3) is 3.95. The Balaban J connectivity index is 0.000000319. The second-order valence-corrected chi connectivity index (χ2v) is 3.20. The SMILES string of the molecule is C1CO1.C=Cc1ccc(C(=O)O)c(C)c1. The van der Waals surface area contributed by atoms with Crippen molar-refractivity contribution in [1.29, 1.82) is 0 Å². The predicted molar refractivity (Wildman–Crippen MR) is 59.0 cm³/mol. The van der Waals surface area contributed by atoms with Crippen LogP contribution in [0, 0.1) is 6.92 Å². The van der Waals surface area contributed by atoms with Crippen molar-refractivity contribution in [2.45, 2.75) is 6.92 Å². The van der Waals surface area contributed by atoms with Gasteiger partial charge in [0.2, 0.25) is 0 Å². The van der Waals surface area contributed by atoms with Crippen LogP contribution in [-0.2, 0) is 4.74 Å². The van der Waals surface area contributed by atoms with E-state index in [1.807, 2.05) is 0 Å². The van der Waals surface area contributed by atoms with Gasteiger partial charge >= 0.3 is 5.97 Å². The molecule has 0 saturated carbocycles. The molecule has 1 fully saturated rings. The molecule has 0 atom stereocenters. The first-order valence-electron chi connectivity index (χ1n) is 4.69. The molecule has 0 aliphatic carbocycles. The summed E-state index contributed by atoms with van der Waals surface area (Å²) in [6, 6.07) is 5.13. The molecule has 1 aliphatic heterocycles. The highest BCUT2D eigenvalue weighted by Gasteiger charge is 2.05. The highest BCUT2D eigenvalue weighted by molar-refractivity contribution is 5.89. The fourth-order valence-corrected chi connectivity index (χ4v) is 1.05. The summed E-state index contributed by atoms with van der Waals surface area (Å²) in [5.41, 5.74) is 2.05. The Morgan fingerprint density at radius 1 is 1.53 bits per heavy atom. The molecule has 0 unspecified atom stereocenters. The molecule has 3 heteroatoms. The molecular weight excluding hydrogens is 192 g/mol. The van der Waals surface area contributed by atoms with Crippen LogP contribution in [0.3, 0.4) is 0 Å². The third-order valence-corrected chi connectivity index (χ3v) is 1.92. The summed E-state index contributed by atoms with van der Waals surface area (Å²) in [4.78, 5) is 10.6. The van der Waals surface area contributed by atoms with E-state index in [9.17, 15) is 4.79 Å². The normalized spacial score (nSPS) is 12.3. The molecule has 0 bridgehead atoms. The van der Waals surface area contributed by atoms with E-state index in [0.29, 0.717) is 5.56 Å². The van der Waals surface area contributed by atoms with Gasteiger partial charge in [-0.1, -0.05) is 24.8 Å². The average molecular weight is 206 g/mol. The summed E-state index contributed by atoms with van der Waals surface area (Å²) >= 11 is 0. The molecule has 80 valence electrons. The van der Waals surface area contributed by atoms with Crippen LogP contribution in [0.2, 0.25) is 0 Å². The van der Waals surface area contributed by atoms with Crippen LogP contribution < -0.4 is 0 Å². The van der Waals surface area contributed by atoms with Gasteiger partial charge in [-0.3, -0.25) is 0 Å². The molecule has 0 amide bonds. The number of aromatic carboxylic acids is 1. The topological polar surface area (TPSA) is 49.8 Å². The molecule has 1 aromatic rings. The highest BCUT2D eigenvalue weighted by Crippen LogP contribution is 2.11. The van der Waals surface area contributed by atoms with E-state index < -0.39 is 5.97 Å². The molecule has 1 aliphatic rings. The van der Waals surface area contributed by atoms with Crippen LogP contribution in [0.25, 0.3) is 6.08 Å². The maximum Gasteiger partial charge on any atom is 0.335 e. The van der Waals surface area contributed by atoms with Crippen molar-refractivity contribution in [3.8, 4) is 0 Å². The maximum absolute atomic E-state index is 10.6. The monoisotopic (exact) mass is 206 g/mol. The Morgan fingerprint density at radius 3 is 2.47 bits per heavy atom. The molecule has 0 spiro atoms. The summed E-state index contributed by atoms with van der Waals surface area (Å²) in [7, 11) is 0. The Bertz CT molecular complexity index is 364. The minimum atomic E-state index is -0.886. The fraction of sp³-hybridized carbons (Fsp3) is 0.250. The number of benzene rings is 1. The second kappa shape index (κ2) is 5.32. The lowest BCUT2D eigenvalue weighted by Gasteiger charge is -2.00. The first-order chi connectivity index (χ1) is 7.15. The Labute approximate surface area is 89.0 Å². The van der Waals surface area contributed by atoms with Crippen LogP contribution >= 0.6 is 0 Å². The number of carboxylic acids is 1. The molecule has 1 saturated heterocycles. The minimum absolute atomic E-state index is 0.348. The maximum atomic E-state index is 10.6. The lowest BCUT2D eigenvalue weighted by atomic mass is 10.1. The summed E-state index contributed by atoms with van der Waals surface area (Å²) in [5, 5.41) is 8.70. The average Bonchev–Trinajstić information content (AvgIpc) is 3.03. The van der Waals surface area contributed by atoms with Gasteiger partial charge in [-0.25, -0.2) is 4.79 Å². The van der Waals surface area contributed by atoms with E-state index in [0.717, 1.165) is 24.3 Å². The summed E-state index contributed by atoms with van der Waals surface area (Å²) in [5.74, 6) is -0.886. The van der Waals surface area contributed by atoms with Gasteiger partial charge < -0.3 is 9.84 Å². The fourth-order valence-electron chi connectivity index (χ4n) is 1.05. The first kappa shape index (κ1) is 11.5. The molecule has 0 radical (unpaired) electrons.